The molecule has 0 aliphatic carbocycles. The van der Waals surface area contributed by atoms with Gasteiger partial charge in [0.15, 0.2) is 11.4 Å². The average molecular weight is 431 g/mol. The van der Waals surface area contributed by atoms with Crippen LogP contribution < -0.4 is 4.89 Å². The smallest absolute Gasteiger partial charge is 0.177 e. The normalized spacial score (nSPS) is 38.1. The number of imidazole rings is 1. The van der Waals surface area contributed by atoms with Crippen LogP contribution in [0.1, 0.15) is 39.2 Å². The van der Waals surface area contributed by atoms with Gasteiger partial charge in [0, 0.05) is 0 Å². The molecule has 1 aliphatic heterocycles. The fourth-order valence-corrected chi connectivity index (χ4v) is 4.32. The first-order chi connectivity index (χ1) is 12.6. The van der Waals surface area contributed by atoms with Gasteiger partial charge >= 0.3 is 0 Å². The van der Waals surface area contributed by atoms with Crippen molar-refractivity contribution in [2.24, 2.45) is 0 Å². The van der Waals surface area contributed by atoms with Crippen molar-refractivity contribution in [3.63, 3.8) is 0 Å². The summed E-state index contributed by atoms with van der Waals surface area (Å²) in [5.74, 6) is 0.512. The Morgan fingerprint density at radius 3 is 2.39 bits per heavy atom. The number of aromatic nitrogens is 4. The molecule has 0 bridgehead atoms. The van der Waals surface area contributed by atoms with Gasteiger partial charge in [-0.15, -0.1) is 0 Å². The number of rotatable bonds is 4. The lowest BCUT2D eigenvalue weighted by molar-refractivity contribution is -0.218. The van der Waals surface area contributed by atoms with Gasteiger partial charge in [0.1, 0.15) is 34.9 Å². The third-order valence-corrected chi connectivity index (χ3v) is 6.72. The number of hydrogen-bond donors (Lipinski definition) is 3. The molecule has 2 aromatic rings. The highest BCUT2D eigenvalue weighted by Gasteiger charge is 2.73. The Hall–Kier alpha value is -1.04. The molecular weight excluding hydrogens is 407 g/mol. The minimum absolute atomic E-state index is 0.421. The standard InChI is InChI=1S/C16H25N4O6PS/c1-9-11-12(19-10(2)18-9)20(8-17-11)16(6)15(5,22)14(4,21)13(3,26-16)7-25-27(23,24)28/h8,21-22H,7H2,1-6H3,(H2,23,24,28)/p-1. The molecule has 10 nitrogen and oxygen atoms in total. The van der Waals surface area contributed by atoms with Gasteiger partial charge in [0.2, 0.25) is 0 Å². The third kappa shape index (κ3) is 2.93. The lowest BCUT2D eigenvalue weighted by atomic mass is 9.73. The zero-order valence-corrected chi connectivity index (χ0v) is 18.2. The Morgan fingerprint density at radius 2 is 1.82 bits per heavy atom. The summed E-state index contributed by atoms with van der Waals surface area (Å²) in [4.78, 5) is 33.8. The van der Waals surface area contributed by atoms with E-state index in [1.54, 1.807) is 20.8 Å². The van der Waals surface area contributed by atoms with Crippen LogP contribution in [0.25, 0.3) is 11.2 Å². The summed E-state index contributed by atoms with van der Waals surface area (Å²) in [5.41, 5.74) is -5.28. The van der Waals surface area contributed by atoms with E-state index < -0.39 is 35.9 Å². The fourth-order valence-electron chi connectivity index (χ4n) is 3.75. The van der Waals surface area contributed by atoms with E-state index in [0.29, 0.717) is 22.7 Å². The molecule has 0 saturated carbocycles. The average Bonchev–Trinajstić information content (AvgIpc) is 2.99. The van der Waals surface area contributed by atoms with Crippen LogP contribution in [0, 0.1) is 13.8 Å². The van der Waals surface area contributed by atoms with Gasteiger partial charge < -0.3 is 29.3 Å². The van der Waals surface area contributed by atoms with Crippen LogP contribution in [0.15, 0.2) is 6.33 Å². The second-order valence-corrected chi connectivity index (χ2v) is 10.4. The predicted molar refractivity (Wildman–Crippen MR) is 102 cm³/mol. The quantitative estimate of drug-likeness (QED) is 0.565. The highest BCUT2D eigenvalue weighted by molar-refractivity contribution is 8.06. The van der Waals surface area contributed by atoms with Gasteiger partial charge in [-0.05, 0) is 41.5 Å². The number of fused-ring (bicyclic) bond motifs is 1. The molecule has 3 N–H and O–H groups in total. The Kier molecular flexibility index (Phi) is 4.82. The number of aliphatic hydroxyl groups is 2. The molecule has 1 aliphatic rings. The van der Waals surface area contributed by atoms with Crippen LogP contribution in [0.5, 0.6) is 0 Å². The minimum atomic E-state index is -4.24. The molecule has 0 radical (unpaired) electrons. The second-order valence-electron chi connectivity index (χ2n) is 7.85. The number of ether oxygens (including phenoxy) is 1. The Bertz CT molecular complexity index is 989. The van der Waals surface area contributed by atoms with Gasteiger partial charge in [-0.2, -0.15) is 0 Å². The highest BCUT2D eigenvalue weighted by Crippen LogP contribution is 2.55. The minimum Gasteiger partial charge on any atom is -0.780 e. The molecule has 5 unspecified atom stereocenters. The maximum Gasteiger partial charge on any atom is 0.177 e. The van der Waals surface area contributed by atoms with Crippen molar-refractivity contribution in [2.75, 3.05) is 6.61 Å². The van der Waals surface area contributed by atoms with E-state index in [2.05, 4.69) is 26.8 Å². The SMILES string of the molecule is Cc1nc(C)c2ncn(C3(C)OC(C)(COP([O-])(O)=S)C(C)(O)C3(C)O)c2n1. The van der Waals surface area contributed by atoms with Crippen molar-refractivity contribution in [1.29, 1.82) is 0 Å². The van der Waals surface area contributed by atoms with Crippen LogP contribution in [0.3, 0.4) is 0 Å². The summed E-state index contributed by atoms with van der Waals surface area (Å²) in [5, 5.41) is 22.6. The number of hydrogen-bond acceptors (Lipinski definition) is 9. The molecule has 1 fully saturated rings. The van der Waals surface area contributed by atoms with E-state index in [-0.39, 0.29) is 0 Å². The van der Waals surface area contributed by atoms with Crippen molar-refractivity contribution in [1.82, 2.24) is 19.5 Å². The maximum absolute atomic E-state index is 11.4. The van der Waals surface area contributed by atoms with E-state index in [9.17, 15) is 20.0 Å². The van der Waals surface area contributed by atoms with Crippen molar-refractivity contribution >= 4 is 29.7 Å². The summed E-state index contributed by atoms with van der Waals surface area (Å²) >= 11 is 4.39. The molecule has 3 heterocycles. The maximum atomic E-state index is 11.4. The van der Waals surface area contributed by atoms with E-state index >= 15 is 0 Å². The molecule has 28 heavy (non-hydrogen) atoms. The third-order valence-electron chi connectivity index (χ3n) is 5.95. The fraction of sp³-hybridized carbons (Fsp3) is 0.688. The van der Waals surface area contributed by atoms with Crippen LogP contribution in [0.4, 0.5) is 0 Å². The van der Waals surface area contributed by atoms with Crippen LogP contribution in [-0.4, -0.2) is 58.0 Å². The Labute approximate surface area is 167 Å². The molecule has 3 rings (SSSR count). The summed E-state index contributed by atoms with van der Waals surface area (Å²) in [6.07, 6.45) is 1.45. The van der Waals surface area contributed by atoms with Gasteiger partial charge in [-0.1, -0.05) is 11.8 Å². The van der Waals surface area contributed by atoms with Crippen LogP contribution in [-0.2, 0) is 26.8 Å². The van der Waals surface area contributed by atoms with Crippen molar-refractivity contribution in [2.45, 2.75) is 64.1 Å². The van der Waals surface area contributed by atoms with Crippen molar-refractivity contribution in [3.05, 3.63) is 17.8 Å². The molecule has 12 heteroatoms. The van der Waals surface area contributed by atoms with E-state index in [1.807, 2.05) is 0 Å². The van der Waals surface area contributed by atoms with Gasteiger partial charge in [0.25, 0.3) is 0 Å². The summed E-state index contributed by atoms with van der Waals surface area (Å²) in [6.45, 7) is 4.61. The van der Waals surface area contributed by atoms with E-state index in [4.69, 9.17) is 9.26 Å². The van der Waals surface area contributed by atoms with Gasteiger partial charge in [0.05, 0.1) is 18.6 Å². The molecule has 1 saturated heterocycles. The zero-order valence-electron chi connectivity index (χ0n) is 16.5. The molecule has 156 valence electrons. The predicted octanol–water partition coefficient (Wildman–Crippen LogP) is 0.000440. The van der Waals surface area contributed by atoms with Gasteiger partial charge in [-0.3, -0.25) is 4.57 Å². The Balaban J connectivity index is 2.17. The summed E-state index contributed by atoms with van der Waals surface area (Å²) < 4.78 is 12.5. The lowest BCUT2D eigenvalue weighted by Gasteiger charge is -2.42. The van der Waals surface area contributed by atoms with Crippen LogP contribution >= 0.6 is 6.72 Å². The van der Waals surface area contributed by atoms with Crippen molar-refractivity contribution in [3.8, 4) is 0 Å². The largest absolute Gasteiger partial charge is 0.780 e. The van der Waals surface area contributed by atoms with Crippen molar-refractivity contribution < 1.29 is 29.3 Å². The highest BCUT2D eigenvalue weighted by atomic mass is 32.5. The molecule has 2 aromatic heterocycles. The van der Waals surface area contributed by atoms with Gasteiger partial charge in [-0.25, -0.2) is 15.0 Å². The molecule has 5 atom stereocenters. The topological polar surface area (TPSA) is 146 Å². The van der Waals surface area contributed by atoms with E-state index in [0.717, 1.165) is 0 Å². The first kappa shape index (κ1) is 21.7. The Morgan fingerprint density at radius 1 is 1.21 bits per heavy atom. The molecule has 0 aromatic carbocycles. The first-order valence-corrected chi connectivity index (χ1v) is 11.2. The molecule has 0 spiro atoms. The second kappa shape index (κ2) is 6.23. The van der Waals surface area contributed by atoms with E-state index in [1.165, 1.54) is 31.7 Å². The number of nitrogens with zero attached hydrogens (tertiary/aromatic N) is 4. The lowest BCUT2D eigenvalue weighted by Crippen LogP contribution is -2.63. The first-order valence-electron chi connectivity index (χ1n) is 8.58. The zero-order chi connectivity index (χ0) is 21.3. The van der Waals surface area contributed by atoms with Crippen LogP contribution in [0.2, 0.25) is 0 Å². The summed E-state index contributed by atoms with van der Waals surface area (Å²) in [6, 6.07) is 0. The summed E-state index contributed by atoms with van der Waals surface area (Å²) in [7, 11) is 0. The monoisotopic (exact) mass is 431 g/mol. The molecular formula is C16H24N4O6PS-. The number of aryl methyl sites for hydroxylation is 2. The molecule has 0 amide bonds.